The van der Waals surface area contributed by atoms with Crippen molar-refractivity contribution in [1.82, 2.24) is 15.5 Å². The summed E-state index contributed by atoms with van der Waals surface area (Å²) in [6.07, 6.45) is 0. The van der Waals surface area contributed by atoms with Crippen molar-refractivity contribution in [2.24, 2.45) is 5.92 Å². The van der Waals surface area contributed by atoms with Gasteiger partial charge in [0.25, 0.3) is 0 Å². The third kappa shape index (κ3) is 7.41. The van der Waals surface area contributed by atoms with Crippen molar-refractivity contribution < 1.29 is 18.7 Å². The van der Waals surface area contributed by atoms with Gasteiger partial charge in [0.05, 0.1) is 6.04 Å². The van der Waals surface area contributed by atoms with E-state index in [-0.39, 0.29) is 11.7 Å². The Morgan fingerprint density at radius 3 is 2.42 bits per heavy atom. The van der Waals surface area contributed by atoms with Gasteiger partial charge in [-0.15, -0.1) is 0 Å². The zero-order valence-electron chi connectivity index (χ0n) is 14.6. The van der Waals surface area contributed by atoms with Gasteiger partial charge in [-0.2, -0.15) is 0 Å². The van der Waals surface area contributed by atoms with E-state index in [2.05, 4.69) is 10.6 Å². The summed E-state index contributed by atoms with van der Waals surface area (Å²) >= 11 is 0. The monoisotopic (exact) mass is 339 g/mol. The third-order valence-corrected chi connectivity index (χ3v) is 3.47. The molecule has 0 aliphatic heterocycles. The molecular weight excluding hydrogens is 313 g/mol. The molecule has 0 saturated carbocycles. The molecule has 1 unspecified atom stereocenters. The minimum Gasteiger partial charge on any atom is -0.492 e. The van der Waals surface area contributed by atoms with Gasteiger partial charge in [0, 0.05) is 13.1 Å². The maximum absolute atomic E-state index is 12.8. The van der Waals surface area contributed by atoms with Crippen molar-refractivity contribution in [3.05, 3.63) is 30.1 Å². The topological polar surface area (TPSA) is 70.7 Å². The van der Waals surface area contributed by atoms with Crippen LogP contribution in [0.15, 0.2) is 24.3 Å². The number of carbonyl (C=O) groups excluding carboxylic acids is 2. The molecule has 0 radical (unpaired) electrons. The van der Waals surface area contributed by atoms with Crippen LogP contribution in [-0.4, -0.2) is 49.6 Å². The number of nitrogens with zero attached hydrogens (tertiary/aromatic N) is 1. The van der Waals surface area contributed by atoms with Gasteiger partial charge in [-0.1, -0.05) is 13.8 Å². The van der Waals surface area contributed by atoms with E-state index in [1.807, 2.05) is 13.8 Å². The number of ether oxygens (including phenoxy) is 1. The molecule has 6 nitrogen and oxygen atoms in total. The molecule has 7 heteroatoms. The van der Waals surface area contributed by atoms with Gasteiger partial charge >= 0.3 is 6.03 Å². The van der Waals surface area contributed by atoms with Crippen molar-refractivity contribution in [2.75, 3.05) is 26.7 Å². The Morgan fingerprint density at radius 1 is 1.21 bits per heavy atom. The number of urea groups is 1. The van der Waals surface area contributed by atoms with Crippen molar-refractivity contribution in [1.29, 1.82) is 0 Å². The Balaban J connectivity index is 2.32. The van der Waals surface area contributed by atoms with Crippen LogP contribution in [0.25, 0.3) is 0 Å². The summed E-state index contributed by atoms with van der Waals surface area (Å²) < 4.78 is 18.3. The number of likely N-dealkylation sites (N-methyl/N-ethyl adjacent to an activating group) is 1. The van der Waals surface area contributed by atoms with E-state index >= 15 is 0 Å². The van der Waals surface area contributed by atoms with Crippen molar-refractivity contribution >= 4 is 11.9 Å². The summed E-state index contributed by atoms with van der Waals surface area (Å²) in [6, 6.07) is 4.77. The maximum Gasteiger partial charge on any atom is 0.321 e. The molecule has 0 fully saturated rings. The van der Waals surface area contributed by atoms with E-state index in [0.29, 0.717) is 31.4 Å². The average molecular weight is 339 g/mol. The first-order chi connectivity index (χ1) is 11.3. The first-order valence-corrected chi connectivity index (χ1v) is 7.97. The summed E-state index contributed by atoms with van der Waals surface area (Å²) in [5, 5.41) is 4.95. The van der Waals surface area contributed by atoms with Gasteiger partial charge in [0.1, 0.15) is 18.2 Å². The van der Waals surface area contributed by atoms with E-state index < -0.39 is 12.1 Å². The Labute approximate surface area is 142 Å². The lowest BCUT2D eigenvalue weighted by atomic mass is 10.2. The highest BCUT2D eigenvalue weighted by Crippen LogP contribution is 2.10. The fraction of sp³-hybridized carbons (Fsp3) is 0.529. The molecular formula is C17H26FN3O3. The smallest absolute Gasteiger partial charge is 0.321 e. The minimum atomic E-state index is -0.489. The number of halogens is 1. The van der Waals surface area contributed by atoms with E-state index in [4.69, 9.17) is 4.74 Å². The Hall–Kier alpha value is -2.15. The normalized spacial score (nSPS) is 12.1. The zero-order chi connectivity index (χ0) is 18.1. The van der Waals surface area contributed by atoms with E-state index in [9.17, 15) is 14.0 Å². The van der Waals surface area contributed by atoms with Crippen LogP contribution >= 0.6 is 0 Å². The maximum atomic E-state index is 12.8. The molecule has 1 aromatic rings. The molecule has 134 valence electrons. The van der Waals surface area contributed by atoms with Crippen LogP contribution < -0.4 is 15.4 Å². The molecule has 1 rings (SSSR count). The predicted octanol–water partition coefficient (Wildman–Crippen LogP) is 2.01. The second kappa shape index (κ2) is 9.87. The Kier molecular flexibility index (Phi) is 8.18. The molecule has 0 bridgehead atoms. The van der Waals surface area contributed by atoms with Gasteiger partial charge in [0.15, 0.2) is 0 Å². The number of benzene rings is 1. The number of nitrogens with one attached hydrogen (secondary N) is 2. The fourth-order valence-electron chi connectivity index (χ4n) is 1.79. The van der Waals surface area contributed by atoms with Crippen molar-refractivity contribution in [3.63, 3.8) is 0 Å². The summed E-state index contributed by atoms with van der Waals surface area (Å²) in [6.45, 7) is 7.00. The highest BCUT2D eigenvalue weighted by molar-refractivity contribution is 5.96. The molecule has 1 aromatic carbocycles. The number of rotatable bonds is 8. The SMILES string of the molecule is CC(C)CNC(=O)NC(=O)C(C)N(C)CCOc1ccc(F)cc1. The molecule has 0 heterocycles. The predicted molar refractivity (Wildman–Crippen MR) is 90.4 cm³/mol. The summed E-state index contributed by atoms with van der Waals surface area (Å²) in [4.78, 5) is 25.4. The fourth-order valence-corrected chi connectivity index (χ4v) is 1.79. The van der Waals surface area contributed by atoms with Crippen LogP contribution in [0.2, 0.25) is 0 Å². The van der Waals surface area contributed by atoms with E-state index in [0.717, 1.165) is 0 Å². The lowest BCUT2D eigenvalue weighted by molar-refractivity contribution is -0.124. The quantitative estimate of drug-likeness (QED) is 0.760. The van der Waals surface area contributed by atoms with Crippen LogP contribution in [0.1, 0.15) is 20.8 Å². The van der Waals surface area contributed by atoms with Gasteiger partial charge in [-0.05, 0) is 44.2 Å². The van der Waals surface area contributed by atoms with Gasteiger partial charge in [0.2, 0.25) is 5.91 Å². The molecule has 24 heavy (non-hydrogen) atoms. The van der Waals surface area contributed by atoms with Crippen LogP contribution in [0.3, 0.4) is 0 Å². The number of hydrogen-bond donors (Lipinski definition) is 2. The zero-order valence-corrected chi connectivity index (χ0v) is 14.6. The second-order valence-electron chi connectivity index (χ2n) is 6.05. The highest BCUT2D eigenvalue weighted by Gasteiger charge is 2.19. The first-order valence-electron chi connectivity index (χ1n) is 7.97. The molecule has 0 aromatic heterocycles. The highest BCUT2D eigenvalue weighted by atomic mass is 19.1. The van der Waals surface area contributed by atoms with Gasteiger partial charge in [-0.3, -0.25) is 15.0 Å². The molecule has 0 spiro atoms. The number of hydrogen-bond acceptors (Lipinski definition) is 4. The minimum absolute atomic E-state index is 0.314. The Morgan fingerprint density at radius 2 is 1.83 bits per heavy atom. The summed E-state index contributed by atoms with van der Waals surface area (Å²) in [7, 11) is 1.77. The van der Waals surface area contributed by atoms with E-state index in [1.165, 1.54) is 12.1 Å². The van der Waals surface area contributed by atoms with Crippen LogP contribution in [0.5, 0.6) is 5.75 Å². The molecule has 1 atom stereocenters. The first kappa shape index (κ1) is 19.9. The average Bonchev–Trinajstić information content (AvgIpc) is 2.53. The number of imide groups is 1. The molecule has 0 aliphatic carbocycles. The standard InChI is InChI=1S/C17H26FN3O3/c1-12(2)11-19-17(23)20-16(22)13(3)21(4)9-10-24-15-7-5-14(18)6-8-15/h5-8,12-13H,9-11H2,1-4H3,(H2,19,20,22,23). The van der Waals surface area contributed by atoms with Crippen molar-refractivity contribution in [2.45, 2.75) is 26.8 Å². The summed E-state index contributed by atoms with van der Waals surface area (Å²) in [5.41, 5.74) is 0. The summed E-state index contributed by atoms with van der Waals surface area (Å²) in [5.74, 6) is 0.186. The number of carbonyl (C=O) groups is 2. The lowest BCUT2D eigenvalue weighted by Crippen LogP contribution is -2.49. The largest absolute Gasteiger partial charge is 0.492 e. The molecule has 0 saturated heterocycles. The van der Waals surface area contributed by atoms with Crippen LogP contribution in [-0.2, 0) is 4.79 Å². The Bertz CT molecular complexity index is 534. The third-order valence-electron chi connectivity index (χ3n) is 3.47. The van der Waals surface area contributed by atoms with Crippen molar-refractivity contribution in [3.8, 4) is 5.75 Å². The molecule has 3 amide bonds. The number of amides is 3. The molecule has 0 aliphatic rings. The van der Waals surface area contributed by atoms with Crippen LogP contribution in [0, 0.1) is 11.7 Å². The lowest BCUT2D eigenvalue weighted by Gasteiger charge is -2.23. The van der Waals surface area contributed by atoms with E-state index in [1.54, 1.807) is 31.0 Å². The van der Waals surface area contributed by atoms with Gasteiger partial charge < -0.3 is 10.1 Å². The molecule has 2 N–H and O–H groups in total. The second-order valence-corrected chi connectivity index (χ2v) is 6.05. The van der Waals surface area contributed by atoms with Gasteiger partial charge in [-0.25, -0.2) is 9.18 Å². The van der Waals surface area contributed by atoms with Crippen LogP contribution in [0.4, 0.5) is 9.18 Å².